The first kappa shape index (κ1) is 16.3. The standard InChI is InChI=1S/C20H20ClN3O/c1-24(18-8-4-6-13-5-2-3-7-15(13)18)12-19-22-17-11-14(21)9-10-16(17)20(25)23-19/h2-3,5,7,9-11,18H,4,6,8,12H2,1H3,(H,22,23,25)/p+1/t18-/m0/s1. The Morgan fingerprint density at radius 3 is 3.00 bits per heavy atom. The third-order valence-electron chi connectivity index (χ3n) is 5.13. The molecule has 128 valence electrons. The lowest BCUT2D eigenvalue weighted by atomic mass is 9.87. The number of aromatic amines is 1. The molecule has 0 bridgehead atoms. The topological polar surface area (TPSA) is 50.2 Å². The summed E-state index contributed by atoms with van der Waals surface area (Å²) < 4.78 is 0. The molecule has 2 atom stereocenters. The number of rotatable bonds is 3. The van der Waals surface area contributed by atoms with Gasteiger partial charge in [-0.05, 0) is 36.6 Å². The molecule has 3 aromatic rings. The Bertz CT molecular complexity index is 982. The van der Waals surface area contributed by atoms with Crippen molar-refractivity contribution in [3.05, 3.63) is 74.8 Å². The van der Waals surface area contributed by atoms with Crippen molar-refractivity contribution < 1.29 is 4.90 Å². The summed E-state index contributed by atoms with van der Waals surface area (Å²) in [6, 6.07) is 14.3. The van der Waals surface area contributed by atoms with Crippen molar-refractivity contribution in [1.82, 2.24) is 9.97 Å². The highest BCUT2D eigenvalue weighted by Gasteiger charge is 2.27. The normalized spacial score (nSPS) is 18.1. The summed E-state index contributed by atoms with van der Waals surface area (Å²) >= 11 is 6.05. The van der Waals surface area contributed by atoms with Gasteiger partial charge < -0.3 is 9.88 Å². The number of quaternary nitrogens is 1. The average Bonchev–Trinajstić information content (AvgIpc) is 2.60. The maximum Gasteiger partial charge on any atom is 0.258 e. The first-order valence-corrected chi connectivity index (χ1v) is 9.08. The zero-order valence-corrected chi connectivity index (χ0v) is 14.9. The molecule has 0 aliphatic heterocycles. The lowest BCUT2D eigenvalue weighted by Crippen LogP contribution is -3.08. The summed E-state index contributed by atoms with van der Waals surface area (Å²) in [6.07, 6.45) is 3.52. The molecule has 0 saturated heterocycles. The fourth-order valence-electron chi connectivity index (χ4n) is 3.90. The minimum atomic E-state index is -0.103. The summed E-state index contributed by atoms with van der Waals surface area (Å²) in [6.45, 7) is 0.677. The van der Waals surface area contributed by atoms with E-state index in [2.05, 4.69) is 41.3 Å². The van der Waals surface area contributed by atoms with Gasteiger partial charge in [0, 0.05) is 17.0 Å². The van der Waals surface area contributed by atoms with E-state index in [0.29, 0.717) is 34.3 Å². The van der Waals surface area contributed by atoms with Gasteiger partial charge in [0.05, 0.1) is 18.0 Å². The minimum Gasteiger partial charge on any atom is -0.325 e. The molecule has 4 nitrogen and oxygen atoms in total. The van der Waals surface area contributed by atoms with Crippen LogP contribution in [-0.4, -0.2) is 17.0 Å². The van der Waals surface area contributed by atoms with Gasteiger partial charge in [-0.25, -0.2) is 4.98 Å². The van der Waals surface area contributed by atoms with Gasteiger partial charge in [-0.3, -0.25) is 4.79 Å². The van der Waals surface area contributed by atoms with E-state index in [9.17, 15) is 4.79 Å². The van der Waals surface area contributed by atoms with Crippen molar-refractivity contribution in [2.45, 2.75) is 31.8 Å². The van der Waals surface area contributed by atoms with Gasteiger partial charge in [0.15, 0.2) is 5.82 Å². The molecular weight excluding hydrogens is 334 g/mol. The Morgan fingerprint density at radius 1 is 1.28 bits per heavy atom. The van der Waals surface area contributed by atoms with Gasteiger partial charge >= 0.3 is 0 Å². The van der Waals surface area contributed by atoms with E-state index in [1.807, 2.05) is 0 Å². The zero-order valence-electron chi connectivity index (χ0n) is 14.2. The summed E-state index contributed by atoms with van der Waals surface area (Å²) in [7, 11) is 2.18. The number of nitrogens with one attached hydrogen (secondary N) is 2. The van der Waals surface area contributed by atoms with Crippen LogP contribution < -0.4 is 10.5 Å². The molecule has 0 fully saturated rings. The number of aryl methyl sites for hydroxylation is 1. The van der Waals surface area contributed by atoms with Crippen LogP contribution in [0.15, 0.2) is 47.3 Å². The van der Waals surface area contributed by atoms with E-state index < -0.39 is 0 Å². The lowest BCUT2D eigenvalue weighted by Gasteiger charge is -2.30. The van der Waals surface area contributed by atoms with Crippen LogP contribution >= 0.6 is 11.6 Å². The second kappa shape index (κ2) is 6.62. The number of H-pyrrole nitrogens is 1. The third-order valence-corrected chi connectivity index (χ3v) is 5.36. The predicted molar refractivity (Wildman–Crippen MR) is 100 cm³/mol. The molecule has 1 heterocycles. The highest BCUT2D eigenvalue weighted by molar-refractivity contribution is 6.31. The van der Waals surface area contributed by atoms with Crippen molar-refractivity contribution in [2.24, 2.45) is 0 Å². The molecule has 25 heavy (non-hydrogen) atoms. The molecule has 0 radical (unpaired) electrons. The zero-order chi connectivity index (χ0) is 17.4. The van der Waals surface area contributed by atoms with Crippen molar-refractivity contribution in [2.75, 3.05) is 7.05 Å². The quantitative estimate of drug-likeness (QED) is 0.759. The van der Waals surface area contributed by atoms with Crippen molar-refractivity contribution in [3.8, 4) is 0 Å². The van der Waals surface area contributed by atoms with Crippen LogP contribution in [0.3, 0.4) is 0 Å². The number of aromatic nitrogens is 2. The second-order valence-electron chi connectivity index (χ2n) is 6.84. The monoisotopic (exact) mass is 354 g/mol. The Kier molecular flexibility index (Phi) is 4.32. The number of fused-ring (bicyclic) bond motifs is 2. The molecule has 1 aliphatic carbocycles. The molecule has 1 aliphatic rings. The molecular formula is C20H21ClN3O+. The molecule has 1 unspecified atom stereocenters. The average molecular weight is 355 g/mol. The Hall–Kier alpha value is -2.17. The third kappa shape index (κ3) is 3.20. The van der Waals surface area contributed by atoms with E-state index in [1.54, 1.807) is 18.2 Å². The van der Waals surface area contributed by atoms with Crippen molar-refractivity contribution in [1.29, 1.82) is 0 Å². The molecule has 0 spiro atoms. The highest BCUT2D eigenvalue weighted by atomic mass is 35.5. The SMILES string of the molecule is C[NH+](Cc1nc2cc(Cl)ccc2c(=O)[nH]1)[C@H]1CCCc2ccccc21. The number of hydrogen-bond acceptors (Lipinski definition) is 2. The Morgan fingerprint density at radius 2 is 2.12 bits per heavy atom. The Balaban J connectivity index is 1.64. The van der Waals surface area contributed by atoms with Crippen molar-refractivity contribution in [3.63, 3.8) is 0 Å². The van der Waals surface area contributed by atoms with Gasteiger partial charge in [-0.1, -0.05) is 35.9 Å². The molecule has 1 aromatic heterocycles. The van der Waals surface area contributed by atoms with E-state index in [-0.39, 0.29) is 5.56 Å². The van der Waals surface area contributed by atoms with Gasteiger partial charge in [-0.2, -0.15) is 0 Å². The molecule has 4 rings (SSSR count). The summed E-state index contributed by atoms with van der Waals surface area (Å²) in [4.78, 5) is 21.2. The minimum absolute atomic E-state index is 0.103. The fraction of sp³-hybridized carbons (Fsp3) is 0.300. The largest absolute Gasteiger partial charge is 0.325 e. The molecule has 0 amide bonds. The maximum atomic E-state index is 12.3. The van der Waals surface area contributed by atoms with E-state index in [1.165, 1.54) is 22.4 Å². The van der Waals surface area contributed by atoms with E-state index in [4.69, 9.17) is 11.6 Å². The smallest absolute Gasteiger partial charge is 0.258 e. The first-order valence-electron chi connectivity index (χ1n) is 8.70. The predicted octanol–water partition coefficient (Wildman–Crippen LogP) is 2.67. The number of hydrogen-bond donors (Lipinski definition) is 2. The highest BCUT2D eigenvalue weighted by Crippen LogP contribution is 2.27. The fourth-order valence-corrected chi connectivity index (χ4v) is 4.06. The number of nitrogens with zero attached hydrogens (tertiary/aromatic N) is 1. The van der Waals surface area contributed by atoms with Crippen LogP contribution in [0.2, 0.25) is 5.02 Å². The van der Waals surface area contributed by atoms with Gasteiger partial charge in [0.25, 0.3) is 5.56 Å². The summed E-state index contributed by atoms with van der Waals surface area (Å²) in [5.41, 5.74) is 3.43. The van der Waals surface area contributed by atoms with Crippen LogP contribution in [-0.2, 0) is 13.0 Å². The van der Waals surface area contributed by atoms with Crippen LogP contribution in [0.1, 0.15) is 35.8 Å². The van der Waals surface area contributed by atoms with E-state index >= 15 is 0 Å². The summed E-state index contributed by atoms with van der Waals surface area (Å²) in [5, 5.41) is 1.17. The first-order chi connectivity index (χ1) is 12.1. The van der Waals surface area contributed by atoms with Gasteiger partial charge in [-0.15, -0.1) is 0 Å². The van der Waals surface area contributed by atoms with Crippen LogP contribution in [0.4, 0.5) is 0 Å². The van der Waals surface area contributed by atoms with Crippen LogP contribution in [0.5, 0.6) is 0 Å². The van der Waals surface area contributed by atoms with Crippen LogP contribution in [0, 0.1) is 0 Å². The molecule has 2 N–H and O–H groups in total. The maximum absolute atomic E-state index is 12.3. The Labute approximate surface area is 151 Å². The number of halogens is 1. The van der Waals surface area contributed by atoms with E-state index in [0.717, 1.165) is 12.8 Å². The van der Waals surface area contributed by atoms with Gasteiger partial charge in [0.2, 0.25) is 0 Å². The molecule has 0 saturated carbocycles. The molecule has 2 aromatic carbocycles. The summed E-state index contributed by atoms with van der Waals surface area (Å²) in [5.74, 6) is 0.709. The lowest BCUT2D eigenvalue weighted by molar-refractivity contribution is -0.927. The van der Waals surface area contributed by atoms with Gasteiger partial charge in [0.1, 0.15) is 12.6 Å². The number of benzene rings is 2. The van der Waals surface area contributed by atoms with Crippen molar-refractivity contribution >= 4 is 22.5 Å². The second-order valence-corrected chi connectivity index (χ2v) is 7.28. The molecule has 5 heteroatoms. The van der Waals surface area contributed by atoms with Crippen LogP contribution in [0.25, 0.3) is 10.9 Å².